The van der Waals surface area contributed by atoms with Gasteiger partial charge in [-0.25, -0.2) is 0 Å². The van der Waals surface area contributed by atoms with Crippen LogP contribution in [0, 0.1) is 0 Å². The van der Waals surface area contributed by atoms with Crippen molar-refractivity contribution in [2.75, 3.05) is 11.5 Å². The zero-order valence-electron chi connectivity index (χ0n) is 10.8. The maximum Gasteiger partial charge on any atom is 0.0351 e. The molecule has 2 nitrogen and oxygen atoms in total. The van der Waals surface area contributed by atoms with Crippen molar-refractivity contribution in [2.45, 2.75) is 26.2 Å². The number of hydrogen-bond acceptors (Lipinski definition) is 2. The first-order valence-corrected chi connectivity index (χ1v) is 6.41. The number of nitrogen functional groups attached to an aromatic ring is 2. The third-order valence-corrected chi connectivity index (χ3v) is 3.19. The highest BCUT2D eigenvalue weighted by atomic mass is 14.6. The summed E-state index contributed by atoms with van der Waals surface area (Å²) in [5.74, 6) is 0. The van der Waals surface area contributed by atoms with Crippen LogP contribution in [-0.2, 0) is 12.8 Å². The van der Waals surface area contributed by atoms with Gasteiger partial charge in [0.05, 0.1) is 0 Å². The molecule has 0 atom stereocenters. The summed E-state index contributed by atoms with van der Waals surface area (Å²) < 4.78 is 0. The van der Waals surface area contributed by atoms with Crippen molar-refractivity contribution in [3.05, 3.63) is 59.2 Å². The van der Waals surface area contributed by atoms with E-state index >= 15 is 0 Å². The van der Waals surface area contributed by atoms with Crippen molar-refractivity contribution in [1.29, 1.82) is 0 Å². The topological polar surface area (TPSA) is 52.0 Å². The molecule has 0 unspecified atom stereocenters. The van der Waals surface area contributed by atoms with Gasteiger partial charge in [0.2, 0.25) is 0 Å². The van der Waals surface area contributed by atoms with Gasteiger partial charge in [0.25, 0.3) is 0 Å². The van der Waals surface area contributed by atoms with Crippen molar-refractivity contribution >= 4 is 11.4 Å². The minimum Gasteiger partial charge on any atom is -0.399 e. The van der Waals surface area contributed by atoms with Gasteiger partial charge < -0.3 is 11.5 Å². The molecule has 0 radical (unpaired) electrons. The molecule has 4 N–H and O–H groups in total. The molecule has 0 aliphatic heterocycles. The first kappa shape index (κ1) is 12.5. The second-order valence-electron chi connectivity index (χ2n) is 4.65. The summed E-state index contributed by atoms with van der Waals surface area (Å²) in [5.41, 5.74) is 17.3. The molecule has 0 spiro atoms. The fraction of sp³-hybridized carbons (Fsp3) is 0.250. The van der Waals surface area contributed by atoms with E-state index in [4.69, 9.17) is 11.5 Å². The Hall–Kier alpha value is -1.96. The van der Waals surface area contributed by atoms with Gasteiger partial charge in [0.15, 0.2) is 0 Å². The molecule has 2 heteroatoms. The Morgan fingerprint density at radius 1 is 0.889 bits per heavy atom. The van der Waals surface area contributed by atoms with Gasteiger partial charge >= 0.3 is 0 Å². The zero-order chi connectivity index (χ0) is 13.0. The van der Waals surface area contributed by atoms with Crippen LogP contribution in [0.1, 0.15) is 30.0 Å². The van der Waals surface area contributed by atoms with Crippen LogP contribution < -0.4 is 11.5 Å². The second kappa shape index (κ2) is 5.58. The number of aryl methyl sites for hydroxylation is 1. The van der Waals surface area contributed by atoms with Gasteiger partial charge in [-0.1, -0.05) is 37.6 Å². The van der Waals surface area contributed by atoms with Crippen molar-refractivity contribution < 1.29 is 0 Å². The van der Waals surface area contributed by atoms with Crippen LogP contribution in [0.4, 0.5) is 11.4 Å². The summed E-state index contributed by atoms with van der Waals surface area (Å²) in [7, 11) is 0. The minimum absolute atomic E-state index is 0.771. The maximum atomic E-state index is 6.01. The highest BCUT2D eigenvalue weighted by Gasteiger charge is 2.05. The van der Waals surface area contributed by atoms with Gasteiger partial charge in [-0.3, -0.25) is 0 Å². The van der Waals surface area contributed by atoms with E-state index < -0.39 is 0 Å². The zero-order valence-corrected chi connectivity index (χ0v) is 10.8. The Bertz CT molecular complexity index is 532. The molecule has 0 aromatic heterocycles. The second-order valence-corrected chi connectivity index (χ2v) is 4.65. The molecular weight excluding hydrogens is 220 g/mol. The van der Waals surface area contributed by atoms with E-state index in [2.05, 4.69) is 31.2 Å². The van der Waals surface area contributed by atoms with Crippen LogP contribution in [0.25, 0.3) is 0 Å². The van der Waals surface area contributed by atoms with Crippen molar-refractivity contribution in [1.82, 2.24) is 0 Å². The van der Waals surface area contributed by atoms with E-state index in [1.807, 2.05) is 18.2 Å². The fourth-order valence-electron chi connectivity index (χ4n) is 2.23. The predicted molar refractivity (Wildman–Crippen MR) is 78.5 cm³/mol. The third kappa shape index (κ3) is 2.83. The molecule has 94 valence electrons. The molecule has 0 heterocycles. The lowest BCUT2D eigenvalue weighted by atomic mass is 9.96. The molecule has 0 aliphatic carbocycles. The number of benzene rings is 2. The summed E-state index contributed by atoms with van der Waals surface area (Å²) in [6.07, 6.45) is 3.12. The monoisotopic (exact) mass is 240 g/mol. The molecule has 2 aromatic rings. The highest BCUT2D eigenvalue weighted by molar-refractivity contribution is 5.56. The number of nitrogens with two attached hydrogens (primary N) is 2. The molecule has 0 bridgehead atoms. The Kier molecular flexibility index (Phi) is 3.88. The van der Waals surface area contributed by atoms with E-state index in [1.54, 1.807) is 0 Å². The SMILES string of the molecule is CCCc1ccccc1Cc1cc(N)ccc1N. The van der Waals surface area contributed by atoms with Gasteiger partial charge in [-0.05, 0) is 47.7 Å². The average Bonchev–Trinajstić information content (AvgIpc) is 2.36. The molecule has 0 amide bonds. The van der Waals surface area contributed by atoms with Crippen LogP contribution in [0.15, 0.2) is 42.5 Å². The van der Waals surface area contributed by atoms with Crippen molar-refractivity contribution in [2.24, 2.45) is 0 Å². The van der Waals surface area contributed by atoms with E-state index in [0.29, 0.717) is 0 Å². The van der Waals surface area contributed by atoms with Crippen LogP contribution in [0.2, 0.25) is 0 Å². The summed E-state index contributed by atoms with van der Waals surface area (Å²) in [6, 6.07) is 14.2. The summed E-state index contributed by atoms with van der Waals surface area (Å²) >= 11 is 0. The van der Waals surface area contributed by atoms with Crippen LogP contribution in [0.3, 0.4) is 0 Å². The lowest BCUT2D eigenvalue weighted by molar-refractivity contribution is 0.904. The molecule has 2 aromatic carbocycles. The van der Waals surface area contributed by atoms with Crippen LogP contribution in [-0.4, -0.2) is 0 Å². The average molecular weight is 240 g/mol. The van der Waals surface area contributed by atoms with Gasteiger partial charge in [-0.15, -0.1) is 0 Å². The van der Waals surface area contributed by atoms with Crippen molar-refractivity contribution in [3.8, 4) is 0 Å². The normalized spacial score (nSPS) is 10.5. The van der Waals surface area contributed by atoms with Crippen LogP contribution in [0.5, 0.6) is 0 Å². The van der Waals surface area contributed by atoms with Gasteiger partial charge in [0.1, 0.15) is 0 Å². The fourth-order valence-corrected chi connectivity index (χ4v) is 2.23. The van der Waals surface area contributed by atoms with Crippen molar-refractivity contribution in [3.63, 3.8) is 0 Å². The molecule has 0 fully saturated rings. The smallest absolute Gasteiger partial charge is 0.0351 e. The van der Waals surface area contributed by atoms with E-state index in [9.17, 15) is 0 Å². The van der Waals surface area contributed by atoms with E-state index in [0.717, 1.165) is 36.2 Å². The first-order chi connectivity index (χ1) is 8.70. The summed E-state index contributed by atoms with van der Waals surface area (Å²) in [5, 5.41) is 0. The van der Waals surface area contributed by atoms with Crippen LogP contribution >= 0.6 is 0 Å². The lowest BCUT2D eigenvalue weighted by Gasteiger charge is -2.11. The number of rotatable bonds is 4. The Morgan fingerprint density at radius 2 is 1.61 bits per heavy atom. The largest absolute Gasteiger partial charge is 0.399 e. The molecule has 0 saturated heterocycles. The third-order valence-electron chi connectivity index (χ3n) is 3.19. The number of anilines is 2. The van der Waals surface area contributed by atoms with E-state index in [1.165, 1.54) is 11.1 Å². The lowest BCUT2D eigenvalue weighted by Crippen LogP contribution is -2.00. The first-order valence-electron chi connectivity index (χ1n) is 6.41. The predicted octanol–water partition coefficient (Wildman–Crippen LogP) is 3.39. The quantitative estimate of drug-likeness (QED) is 0.805. The highest BCUT2D eigenvalue weighted by Crippen LogP contribution is 2.22. The molecule has 2 rings (SSSR count). The summed E-state index contributed by atoms with van der Waals surface area (Å²) in [6.45, 7) is 2.20. The van der Waals surface area contributed by atoms with Gasteiger partial charge in [-0.2, -0.15) is 0 Å². The standard InChI is InChI=1S/C16H20N2/c1-2-5-12-6-3-4-7-13(12)10-14-11-15(17)8-9-16(14)18/h3-4,6-9,11H,2,5,10,17-18H2,1H3. The summed E-state index contributed by atoms with van der Waals surface area (Å²) in [4.78, 5) is 0. The Balaban J connectivity index is 2.30. The molecule has 0 aliphatic rings. The Labute approximate surface area is 109 Å². The molecular formula is C16H20N2. The molecule has 18 heavy (non-hydrogen) atoms. The van der Waals surface area contributed by atoms with E-state index in [-0.39, 0.29) is 0 Å². The van der Waals surface area contributed by atoms with Gasteiger partial charge in [0, 0.05) is 11.4 Å². The minimum atomic E-state index is 0.771. The number of hydrogen-bond donors (Lipinski definition) is 2. The maximum absolute atomic E-state index is 6.01. The Morgan fingerprint density at radius 3 is 2.33 bits per heavy atom. The molecule has 0 saturated carbocycles.